The highest BCUT2D eigenvalue weighted by Gasteiger charge is 2.04. The lowest BCUT2D eigenvalue weighted by atomic mass is 10.3. The molecule has 0 saturated heterocycles. The van der Waals surface area contributed by atoms with Crippen molar-refractivity contribution in [3.63, 3.8) is 0 Å². The molecular formula is C13H10ClNO2. The van der Waals surface area contributed by atoms with Crippen LogP contribution in [0.5, 0.6) is 5.75 Å². The molecule has 86 valence electrons. The van der Waals surface area contributed by atoms with Crippen LogP contribution < -0.4 is 10.1 Å². The van der Waals surface area contributed by atoms with E-state index in [9.17, 15) is 4.79 Å². The van der Waals surface area contributed by atoms with Crippen LogP contribution in [-0.2, 0) is 0 Å². The van der Waals surface area contributed by atoms with Crippen molar-refractivity contribution in [2.75, 3.05) is 5.32 Å². The molecule has 4 heteroatoms. The molecule has 3 nitrogen and oxygen atoms in total. The second kappa shape index (κ2) is 5.37. The van der Waals surface area contributed by atoms with Crippen LogP contribution in [-0.4, -0.2) is 6.09 Å². The van der Waals surface area contributed by atoms with E-state index >= 15 is 0 Å². The van der Waals surface area contributed by atoms with Gasteiger partial charge in [-0.15, -0.1) is 0 Å². The van der Waals surface area contributed by atoms with Crippen molar-refractivity contribution in [3.8, 4) is 5.75 Å². The minimum absolute atomic E-state index is 0.408. The summed E-state index contributed by atoms with van der Waals surface area (Å²) in [6.07, 6.45) is -0.543. The number of carbonyl (C=O) groups is 1. The first-order valence-electron chi connectivity index (χ1n) is 5.03. The number of benzene rings is 2. The Morgan fingerprint density at radius 2 is 1.82 bits per heavy atom. The average Bonchev–Trinajstić information content (AvgIpc) is 2.30. The van der Waals surface area contributed by atoms with Crippen molar-refractivity contribution in [2.24, 2.45) is 0 Å². The van der Waals surface area contributed by atoms with Crippen molar-refractivity contribution < 1.29 is 9.53 Å². The summed E-state index contributed by atoms with van der Waals surface area (Å²) in [5.41, 5.74) is 0.680. The van der Waals surface area contributed by atoms with Crippen LogP contribution in [0, 0.1) is 0 Å². The normalized spacial score (nSPS) is 9.71. The summed E-state index contributed by atoms with van der Waals surface area (Å²) in [5, 5.41) is 3.13. The van der Waals surface area contributed by atoms with Crippen LogP contribution in [0.15, 0.2) is 54.6 Å². The maximum Gasteiger partial charge on any atom is 0.417 e. The molecule has 0 atom stereocenters. The van der Waals surface area contributed by atoms with Gasteiger partial charge in [0.1, 0.15) is 5.75 Å². The van der Waals surface area contributed by atoms with E-state index in [1.54, 1.807) is 36.4 Å². The molecule has 0 radical (unpaired) electrons. The molecule has 0 aliphatic carbocycles. The molecule has 1 N–H and O–H groups in total. The molecule has 0 saturated carbocycles. The van der Waals surface area contributed by atoms with E-state index in [0.717, 1.165) is 0 Å². The van der Waals surface area contributed by atoms with Gasteiger partial charge in [-0.25, -0.2) is 4.79 Å². The largest absolute Gasteiger partial charge is 0.417 e. The van der Waals surface area contributed by atoms with Gasteiger partial charge in [0.2, 0.25) is 0 Å². The number of anilines is 1. The lowest BCUT2D eigenvalue weighted by Crippen LogP contribution is -2.16. The highest BCUT2D eigenvalue weighted by molar-refractivity contribution is 6.30. The monoisotopic (exact) mass is 247 g/mol. The van der Waals surface area contributed by atoms with Crippen molar-refractivity contribution in [2.45, 2.75) is 0 Å². The fraction of sp³-hybridized carbons (Fsp3) is 0. The first kappa shape index (κ1) is 11.5. The molecule has 2 aromatic carbocycles. The zero-order valence-corrected chi connectivity index (χ0v) is 9.65. The Kier molecular flexibility index (Phi) is 3.62. The zero-order valence-electron chi connectivity index (χ0n) is 8.89. The predicted octanol–water partition coefficient (Wildman–Crippen LogP) is 3.95. The summed E-state index contributed by atoms with van der Waals surface area (Å²) >= 11 is 5.78. The molecule has 0 aliphatic rings. The quantitative estimate of drug-likeness (QED) is 0.873. The van der Waals surface area contributed by atoms with Crippen LogP contribution in [0.2, 0.25) is 5.02 Å². The number of para-hydroxylation sites is 1. The molecule has 17 heavy (non-hydrogen) atoms. The van der Waals surface area contributed by atoms with Crippen molar-refractivity contribution in [1.82, 2.24) is 0 Å². The number of hydrogen-bond donors (Lipinski definition) is 1. The Morgan fingerprint density at radius 1 is 1.06 bits per heavy atom. The molecule has 0 bridgehead atoms. The number of carbonyl (C=O) groups excluding carboxylic acids is 1. The minimum atomic E-state index is -0.543. The predicted molar refractivity (Wildman–Crippen MR) is 67.5 cm³/mol. The second-order valence-electron chi connectivity index (χ2n) is 3.34. The van der Waals surface area contributed by atoms with E-state index in [2.05, 4.69) is 5.32 Å². The van der Waals surface area contributed by atoms with Crippen LogP contribution in [0.3, 0.4) is 0 Å². The van der Waals surface area contributed by atoms with Crippen molar-refractivity contribution in [1.29, 1.82) is 0 Å². The number of hydrogen-bond acceptors (Lipinski definition) is 2. The number of halogens is 1. The highest BCUT2D eigenvalue weighted by Crippen LogP contribution is 2.17. The maximum atomic E-state index is 11.5. The molecule has 0 unspecified atom stereocenters. The lowest BCUT2D eigenvalue weighted by molar-refractivity contribution is 0.215. The first-order valence-corrected chi connectivity index (χ1v) is 5.41. The topological polar surface area (TPSA) is 38.3 Å². The molecule has 1 amide bonds. The van der Waals surface area contributed by atoms with Gasteiger partial charge in [-0.05, 0) is 30.3 Å². The summed E-state index contributed by atoms with van der Waals surface area (Å²) in [6.45, 7) is 0. The zero-order chi connectivity index (χ0) is 12.1. The second-order valence-corrected chi connectivity index (χ2v) is 3.77. The highest BCUT2D eigenvalue weighted by atomic mass is 35.5. The Hall–Kier alpha value is -2.00. The number of ether oxygens (including phenoxy) is 1. The lowest BCUT2D eigenvalue weighted by Gasteiger charge is -2.06. The van der Waals surface area contributed by atoms with Gasteiger partial charge in [0.25, 0.3) is 0 Å². The third kappa shape index (κ3) is 3.50. The Labute approximate surface area is 104 Å². The summed E-state index contributed by atoms with van der Waals surface area (Å²) in [7, 11) is 0. The third-order valence-electron chi connectivity index (χ3n) is 2.03. The smallest absolute Gasteiger partial charge is 0.410 e. The number of nitrogens with one attached hydrogen (secondary N) is 1. The molecule has 0 heterocycles. The van der Waals surface area contributed by atoms with E-state index in [4.69, 9.17) is 16.3 Å². The van der Waals surface area contributed by atoms with Gasteiger partial charge >= 0.3 is 6.09 Å². The summed E-state index contributed by atoms with van der Waals surface area (Å²) in [5.74, 6) is 0.408. The van der Waals surface area contributed by atoms with Gasteiger partial charge in [0.15, 0.2) is 0 Å². The Bertz CT molecular complexity index is 514. The number of amides is 1. The van der Waals surface area contributed by atoms with Crippen LogP contribution >= 0.6 is 11.6 Å². The molecular weight excluding hydrogens is 238 g/mol. The van der Waals surface area contributed by atoms with E-state index in [1.165, 1.54) is 0 Å². The molecule has 2 aromatic rings. The molecule has 0 spiro atoms. The maximum absolute atomic E-state index is 11.5. The first-order chi connectivity index (χ1) is 8.24. The SMILES string of the molecule is O=C(Nc1ccccc1)Oc1cccc(Cl)c1. The van der Waals surface area contributed by atoms with Crippen LogP contribution in [0.4, 0.5) is 10.5 Å². The Morgan fingerprint density at radius 3 is 2.53 bits per heavy atom. The molecule has 0 fully saturated rings. The van der Waals surface area contributed by atoms with Crippen LogP contribution in [0.1, 0.15) is 0 Å². The van der Waals surface area contributed by atoms with E-state index < -0.39 is 6.09 Å². The summed E-state index contributed by atoms with van der Waals surface area (Å²) in [4.78, 5) is 11.5. The van der Waals surface area contributed by atoms with Gasteiger partial charge < -0.3 is 4.74 Å². The van der Waals surface area contributed by atoms with E-state index in [1.807, 2.05) is 18.2 Å². The van der Waals surface area contributed by atoms with Gasteiger partial charge in [0.05, 0.1) is 0 Å². The van der Waals surface area contributed by atoms with E-state index in [-0.39, 0.29) is 0 Å². The summed E-state index contributed by atoms with van der Waals surface area (Å²) in [6, 6.07) is 15.7. The molecule has 0 aromatic heterocycles. The molecule has 0 aliphatic heterocycles. The van der Waals surface area contributed by atoms with Gasteiger partial charge in [-0.2, -0.15) is 0 Å². The van der Waals surface area contributed by atoms with Gasteiger partial charge in [-0.3, -0.25) is 5.32 Å². The average molecular weight is 248 g/mol. The van der Waals surface area contributed by atoms with Crippen molar-refractivity contribution in [3.05, 3.63) is 59.6 Å². The Balaban J connectivity index is 1.98. The fourth-order valence-electron chi connectivity index (χ4n) is 1.30. The van der Waals surface area contributed by atoms with E-state index in [0.29, 0.717) is 16.5 Å². The standard InChI is InChI=1S/C13H10ClNO2/c14-10-5-4-8-12(9-10)17-13(16)15-11-6-2-1-3-7-11/h1-9H,(H,15,16). The van der Waals surface area contributed by atoms with Gasteiger partial charge in [-0.1, -0.05) is 35.9 Å². The van der Waals surface area contributed by atoms with Crippen LogP contribution in [0.25, 0.3) is 0 Å². The number of rotatable bonds is 2. The third-order valence-corrected chi connectivity index (χ3v) is 2.26. The van der Waals surface area contributed by atoms with Gasteiger partial charge in [0, 0.05) is 10.7 Å². The summed E-state index contributed by atoms with van der Waals surface area (Å²) < 4.78 is 5.06. The molecule has 2 rings (SSSR count). The fourth-order valence-corrected chi connectivity index (χ4v) is 1.48. The minimum Gasteiger partial charge on any atom is -0.410 e. The van der Waals surface area contributed by atoms with Crippen molar-refractivity contribution >= 4 is 23.4 Å².